The SMILES string of the molecule is CCCC1CNCC(C)S1. The average Bonchev–Trinajstić information content (AvgIpc) is 1.88. The van der Waals surface area contributed by atoms with E-state index in [4.69, 9.17) is 0 Å². The Bertz CT molecular complexity index is 93.3. The molecule has 0 aromatic heterocycles. The minimum atomic E-state index is 0.824. The van der Waals surface area contributed by atoms with E-state index in [1.54, 1.807) is 0 Å². The molecule has 1 aliphatic heterocycles. The summed E-state index contributed by atoms with van der Waals surface area (Å²) in [4.78, 5) is 0. The van der Waals surface area contributed by atoms with Crippen LogP contribution in [0.1, 0.15) is 26.7 Å². The molecular formula is C8H17NS. The number of rotatable bonds is 2. The maximum absolute atomic E-state index is 3.45. The average molecular weight is 159 g/mol. The molecule has 2 unspecified atom stereocenters. The fourth-order valence-corrected chi connectivity index (χ4v) is 2.82. The van der Waals surface area contributed by atoms with E-state index in [9.17, 15) is 0 Å². The van der Waals surface area contributed by atoms with E-state index < -0.39 is 0 Å². The van der Waals surface area contributed by atoms with Crippen molar-refractivity contribution in [1.82, 2.24) is 5.32 Å². The Kier molecular flexibility index (Phi) is 3.57. The lowest BCUT2D eigenvalue weighted by Crippen LogP contribution is -2.36. The van der Waals surface area contributed by atoms with Crippen molar-refractivity contribution in [3.63, 3.8) is 0 Å². The minimum absolute atomic E-state index is 0.824. The van der Waals surface area contributed by atoms with Crippen LogP contribution in [0.25, 0.3) is 0 Å². The Hall–Kier alpha value is 0.310. The van der Waals surface area contributed by atoms with E-state index in [-0.39, 0.29) is 0 Å². The smallest absolute Gasteiger partial charge is 0.0175 e. The van der Waals surface area contributed by atoms with Gasteiger partial charge in [0.05, 0.1) is 0 Å². The normalized spacial score (nSPS) is 34.2. The van der Waals surface area contributed by atoms with Crippen molar-refractivity contribution >= 4 is 11.8 Å². The predicted octanol–water partition coefficient (Wildman–Crippen LogP) is 1.88. The van der Waals surface area contributed by atoms with Crippen molar-refractivity contribution in [2.24, 2.45) is 0 Å². The maximum atomic E-state index is 3.45. The first-order valence-electron chi connectivity index (χ1n) is 4.19. The van der Waals surface area contributed by atoms with E-state index >= 15 is 0 Å². The molecule has 0 saturated carbocycles. The first-order chi connectivity index (χ1) is 4.83. The van der Waals surface area contributed by atoms with Gasteiger partial charge in [-0.3, -0.25) is 0 Å². The first-order valence-corrected chi connectivity index (χ1v) is 5.13. The van der Waals surface area contributed by atoms with Crippen molar-refractivity contribution in [2.45, 2.75) is 37.2 Å². The van der Waals surface area contributed by atoms with E-state index in [0.717, 1.165) is 10.5 Å². The maximum Gasteiger partial charge on any atom is 0.0175 e. The minimum Gasteiger partial charge on any atom is -0.315 e. The third-order valence-electron chi connectivity index (χ3n) is 1.84. The summed E-state index contributed by atoms with van der Waals surface area (Å²) in [6.45, 7) is 6.99. The summed E-state index contributed by atoms with van der Waals surface area (Å²) >= 11 is 2.15. The fraction of sp³-hybridized carbons (Fsp3) is 1.00. The highest BCUT2D eigenvalue weighted by Gasteiger charge is 2.17. The van der Waals surface area contributed by atoms with Crippen LogP contribution in [0.15, 0.2) is 0 Å². The molecule has 0 amide bonds. The summed E-state index contributed by atoms with van der Waals surface area (Å²) in [5.74, 6) is 0. The van der Waals surface area contributed by atoms with Crippen molar-refractivity contribution in [3.8, 4) is 0 Å². The molecule has 2 atom stereocenters. The molecule has 0 aromatic carbocycles. The molecule has 1 N–H and O–H groups in total. The highest BCUT2D eigenvalue weighted by Crippen LogP contribution is 2.23. The second-order valence-electron chi connectivity index (χ2n) is 3.02. The van der Waals surface area contributed by atoms with Crippen molar-refractivity contribution in [3.05, 3.63) is 0 Å². The summed E-state index contributed by atoms with van der Waals surface area (Å²) in [6.07, 6.45) is 2.70. The van der Waals surface area contributed by atoms with E-state index in [0.29, 0.717) is 0 Å². The molecule has 1 rings (SSSR count). The Morgan fingerprint density at radius 2 is 2.30 bits per heavy atom. The lowest BCUT2D eigenvalue weighted by Gasteiger charge is -2.26. The van der Waals surface area contributed by atoms with Gasteiger partial charge in [0.1, 0.15) is 0 Å². The zero-order valence-corrected chi connectivity index (χ0v) is 7.71. The highest BCUT2D eigenvalue weighted by molar-refractivity contribution is 8.00. The van der Waals surface area contributed by atoms with Crippen LogP contribution in [-0.4, -0.2) is 23.6 Å². The van der Waals surface area contributed by atoms with Crippen LogP contribution >= 0.6 is 11.8 Å². The van der Waals surface area contributed by atoms with Gasteiger partial charge in [-0.25, -0.2) is 0 Å². The summed E-state index contributed by atoms with van der Waals surface area (Å²) in [6, 6.07) is 0. The van der Waals surface area contributed by atoms with Crippen molar-refractivity contribution < 1.29 is 0 Å². The summed E-state index contributed by atoms with van der Waals surface area (Å²) in [5, 5.41) is 5.16. The van der Waals surface area contributed by atoms with Gasteiger partial charge in [-0.1, -0.05) is 20.3 Å². The van der Waals surface area contributed by atoms with E-state index in [1.807, 2.05) is 0 Å². The van der Waals surface area contributed by atoms with Crippen LogP contribution in [0.3, 0.4) is 0 Å². The predicted molar refractivity (Wildman–Crippen MR) is 48.6 cm³/mol. The van der Waals surface area contributed by atoms with Crippen molar-refractivity contribution in [2.75, 3.05) is 13.1 Å². The van der Waals surface area contributed by atoms with E-state index in [2.05, 4.69) is 30.9 Å². The molecule has 10 heavy (non-hydrogen) atoms. The molecular weight excluding hydrogens is 142 g/mol. The largest absolute Gasteiger partial charge is 0.315 e. The number of nitrogens with one attached hydrogen (secondary N) is 1. The Morgan fingerprint density at radius 3 is 2.90 bits per heavy atom. The van der Waals surface area contributed by atoms with Crippen LogP contribution in [0.4, 0.5) is 0 Å². The zero-order chi connectivity index (χ0) is 7.40. The van der Waals surface area contributed by atoms with Gasteiger partial charge in [-0.05, 0) is 6.42 Å². The molecule has 2 heteroatoms. The van der Waals surface area contributed by atoms with E-state index in [1.165, 1.54) is 25.9 Å². The lowest BCUT2D eigenvalue weighted by molar-refractivity contribution is 0.600. The quantitative estimate of drug-likeness (QED) is 0.660. The van der Waals surface area contributed by atoms with Gasteiger partial charge in [0.2, 0.25) is 0 Å². The third kappa shape index (κ3) is 2.51. The molecule has 0 spiro atoms. The molecule has 1 fully saturated rings. The molecule has 1 aliphatic rings. The standard InChI is InChI=1S/C8H17NS/c1-3-4-8-6-9-5-7(2)10-8/h7-9H,3-6H2,1-2H3. The molecule has 1 heterocycles. The van der Waals surface area contributed by atoms with Gasteiger partial charge in [0, 0.05) is 23.6 Å². The van der Waals surface area contributed by atoms with Crippen LogP contribution < -0.4 is 5.32 Å². The Morgan fingerprint density at radius 1 is 1.50 bits per heavy atom. The first kappa shape index (κ1) is 8.41. The lowest BCUT2D eigenvalue weighted by atomic mass is 10.2. The van der Waals surface area contributed by atoms with Gasteiger partial charge in [-0.15, -0.1) is 0 Å². The Labute approximate surface area is 68.0 Å². The summed E-state index contributed by atoms with van der Waals surface area (Å²) in [7, 11) is 0. The Balaban J connectivity index is 2.18. The monoisotopic (exact) mass is 159 g/mol. The number of thioether (sulfide) groups is 1. The molecule has 0 aliphatic carbocycles. The fourth-order valence-electron chi connectivity index (χ4n) is 1.36. The van der Waals surface area contributed by atoms with Crippen LogP contribution in [0.5, 0.6) is 0 Å². The molecule has 0 radical (unpaired) electrons. The second kappa shape index (κ2) is 4.24. The zero-order valence-electron chi connectivity index (χ0n) is 6.89. The molecule has 1 saturated heterocycles. The van der Waals surface area contributed by atoms with Gasteiger partial charge in [0.25, 0.3) is 0 Å². The van der Waals surface area contributed by atoms with Gasteiger partial charge in [0.15, 0.2) is 0 Å². The van der Waals surface area contributed by atoms with Gasteiger partial charge >= 0.3 is 0 Å². The third-order valence-corrected chi connectivity index (χ3v) is 3.26. The molecule has 60 valence electrons. The second-order valence-corrected chi connectivity index (χ2v) is 4.76. The summed E-state index contributed by atoms with van der Waals surface area (Å²) < 4.78 is 0. The summed E-state index contributed by atoms with van der Waals surface area (Å²) in [5.41, 5.74) is 0. The van der Waals surface area contributed by atoms with Crippen LogP contribution in [0.2, 0.25) is 0 Å². The van der Waals surface area contributed by atoms with Crippen LogP contribution in [-0.2, 0) is 0 Å². The topological polar surface area (TPSA) is 12.0 Å². The highest BCUT2D eigenvalue weighted by atomic mass is 32.2. The van der Waals surface area contributed by atoms with Crippen molar-refractivity contribution in [1.29, 1.82) is 0 Å². The van der Waals surface area contributed by atoms with Gasteiger partial charge < -0.3 is 5.32 Å². The van der Waals surface area contributed by atoms with Crippen LogP contribution in [0, 0.1) is 0 Å². The number of hydrogen-bond acceptors (Lipinski definition) is 2. The number of hydrogen-bond donors (Lipinski definition) is 1. The molecule has 0 bridgehead atoms. The molecule has 1 nitrogen and oxygen atoms in total. The van der Waals surface area contributed by atoms with Gasteiger partial charge in [-0.2, -0.15) is 11.8 Å². The molecule has 0 aromatic rings.